The molecule has 0 radical (unpaired) electrons. The second-order valence-electron chi connectivity index (χ2n) is 6.92. The largest absolute Gasteiger partial charge is 0.469 e. The summed E-state index contributed by atoms with van der Waals surface area (Å²) in [5.41, 5.74) is 1.56. The SMILES string of the molecule is COC(=O)C[C@H](NC(=O)OC(C)(C)C)c1cccc(C2CC2)c1. The summed E-state index contributed by atoms with van der Waals surface area (Å²) in [7, 11) is 1.34. The summed E-state index contributed by atoms with van der Waals surface area (Å²) in [5.74, 6) is 0.234. The minimum Gasteiger partial charge on any atom is -0.469 e. The van der Waals surface area contributed by atoms with E-state index in [1.54, 1.807) is 20.8 Å². The van der Waals surface area contributed by atoms with E-state index in [-0.39, 0.29) is 12.4 Å². The van der Waals surface area contributed by atoms with Gasteiger partial charge in [-0.1, -0.05) is 24.3 Å². The molecule has 0 aromatic heterocycles. The number of esters is 1. The molecule has 23 heavy (non-hydrogen) atoms. The Morgan fingerprint density at radius 3 is 2.57 bits per heavy atom. The molecule has 1 aromatic rings. The summed E-state index contributed by atoms with van der Waals surface area (Å²) in [6.07, 6.45) is 1.93. The number of amides is 1. The van der Waals surface area contributed by atoms with E-state index in [2.05, 4.69) is 17.4 Å². The summed E-state index contributed by atoms with van der Waals surface area (Å²) in [5, 5.41) is 2.78. The summed E-state index contributed by atoms with van der Waals surface area (Å²) in [6.45, 7) is 5.40. The molecule has 5 heteroatoms. The number of alkyl carbamates (subject to hydrolysis) is 1. The highest BCUT2D eigenvalue weighted by molar-refractivity contribution is 5.73. The van der Waals surface area contributed by atoms with Crippen LogP contribution in [-0.2, 0) is 14.3 Å². The van der Waals surface area contributed by atoms with Crippen LogP contribution < -0.4 is 5.32 Å². The van der Waals surface area contributed by atoms with Crippen molar-refractivity contribution in [2.24, 2.45) is 0 Å². The van der Waals surface area contributed by atoms with E-state index in [1.165, 1.54) is 25.5 Å². The van der Waals surface area contributed by atoms with Crippen LogP contribution in [0.15, 0.2) is 24.3 Å². The van der Waals surface area contributed by atoms with Crippen molar-refractivity contribution >= 4 is 12.1 Å². The molecule has 1 aromatic carbocycles. The first-order valence-electron chi connectivity index (χ1n) is 7.94. The standard InChI is InChI=1S/C18H25NO4/c1-18(2,3)23-17(21)19-15(11-16(20)22-4)14-7-5-6-13(10-14)12-8-9-12/h5-7,10,12,15H,8-9,11H2,1-4H3,(H,19,21)/t15-/m0/s1. The van der Waals surface area contributed by atoms with E-state index in [9.17, 15) is 9.59 Å². The van der Waals surface area contributed by atoms with Crippen molar-refractivity contribution in [2.45, 2.75) is 57.6 Å². The molecule has 1 saturated carbocycles. The fourth-order valence-corrected chi connectivity index (χ4v) is 2.40. The minimum atomic E-state index is -0.588. The van der Waals surface area contributed by atoms with Gasteiger partial charge < -0.3 is 14.8 Å². The number of benzene rings is 1. The number of rotatable bonds is 5. The maximum Gasteiger partial charge on any atom is 0.408 e. The van der Waals surface area contributed by atoms with E-state index in [0.717, 1.165) is 5.56 Å². The third-order valence-corrected chi connectivity index (χ3v) is 3.65. The molecule has 1 fully saturated rings. The molecule has 1 aliphatic rings. The van der Waals surface area contributed by atoms with Gasteiger partial charge >= 0.3 is 12.1 Å². The number of ether oxygens (including phenoxy) is 2. The summed E-state index contributed by atoms with van der Waals surface area (Å²) in [6, 6.07) is 7.56. The molecule has 0 heterocycles. The zero-order valence-electron chi connectivity index (χ0n) is 14.2. The highest BCUT2D eigenvalue weighted by Crippen LogP contribution is 2.40. The van der Waals surface area contributed by atoms with Crippen LogP contribution in [-0.4, -0.2) is 24.8 Å². The molecule has 0 unspecified atom stereocenters. The van der Waals surface area contributed by atoms with E-state index in [0.29, 0.717) is 5.92 Å². The zero-order valence-corrected chi connectivity index (χ0v) is 14.2. The molecule has 126 valence electrons. The third-order valence-electron chi connectivity index (χ3n) is 3.65. The highest BCUT2D eigenvalue weighted by Gasteiger charge is 2.26. The number of hydrogen-bond donors (Lipinski definition) is 1. The van der Waals surface area contributed by atoms with Gasteiger partial charge in [0, 0.05) is 0 Å². The summed E-state index contributed by atoms with van der Waals surface area (Å²) >= 11 is 0. The van der Waals surface area contributed by atoms with Crippen LogP contribution in [0.1, 0.15) is 63.1 Å². The maximum atomic E-state index is 12.1. The molecule has 1 N–H and O–H groups in total. The number of methoxy groups -OCH3 is 1. The van der Waals surface area contributed by atoms with E-state index < -0.39 is 17.7 Å². The minimum absolute atomic E-state index is 0.0733. The fraction of sp³-hybridized carbons (Fsp3) is 0.556. The first kappa shape index (κ1) is 17.3. The molecule has 0 aliphatic heterocycles. The van der Waals surface area contributed by atoms with Crippen molar-refractivity contribution < 1.29 is 19.1 Å². The molecular weight excluding hydrogens is 294 g/mol. The number of hydrogen-bond acceptors (Lipinski definition) is 4. The lowest BCUT2D eigenvalue weighted by Crippen LogP contribution is -2.36. The van der Waals surface area contributed by atoms with E-state index >= 15 is 0 Å². The topological polar surface area (TPSA) is 64.6 Å². The van der Waals surface area contributed by atoms with Crippen molar-refractivity contribution in [1.29, 1.82) is 0 Å². The Kier molecular flexibility index (Phi) is 5.29. The van der Waals surface area contributed by atoms with Gasteiger partial charge in [-0.25, -0.2) is 4.79 Å². The van der Waals surface area contributed by atoms with Crippen molar-refractivity contribution in [3.8, 4) is 0 Å². The van der Waals surface area contributed by atoms with Gasteiger partial charge in [0.25, 0.3) is 0 Å². The average Bonchev–Trinajstić information content (AvgIpc) is 3.29. The Morgan fingerprint density at radius 1 is 1.30 bits per heavy atom. The highest BCUT2D eigenvalue weighted by atomic mass is 16.6. The Morgan fingerprint density at radius 2 is 2.00 bits per heavy atom. The van der Waals surface area contributed by atoms with Gasteiger partial charge in [-0.3, -0.25) is 4.79 Å². The summed E-state index contributed by atoms with van der Waals surface area (Å²) < 4.78 is 10.0. The molecule has 1 aliphatic carbocycles. The van der Waals surface area contributed by atoms with Gasteiger partial charge in [-0.2, -0.15) is 0 Å². The fourth-order valence-electron chi connectivity index (χ4n) is 2.40. The van der Waals surface area contributed by atoms with Crippen molar-refractivity contribution in [3.63, 3.8) is 0 Å². The molecule has 0 bridgehead atoms. The predicted molar refractivity (Wildman–Crippen MR) is 87.2 cm³/mol. The van der Waals surface area contributed by atoms with E-state index in [1.807, 2.05) is 12.1 Å². The number of carbonyl (C=O) groups excluding carboxylic acids is 2. The van der Waals surface area contributed by atoms with Gasteiger partial charge in [0.05, 0.1) is 19.6 Å². The van der Waals surface area contributed by atoms with Crippen molar-refractivity contribution in [3.05, 3.63) is 35.4 Å². The van der Waals surface area contributed by atoms with Crippen LogP contribution in [0.2, 0.25) is 0 Å². The monoisotopic (exact) mass is 319 g/mol. The Labute approximate surface area is 137 Å². The van der Waals surface area contributed by atoms with Gasteiger partial charge in [0.1, 0.15) is 5.60 Å². The lowest BCUT2D eigenvalue weighted by molar-refractivity contribution is -0.141. The molecule has 2 rings (SSSR count). The third kappa shape index (κ3) is 5.58. The lowest BCUT2D eigenvalue weighted by atomic mass is 9.99. The van der Waals surface area contributed by atoms with Gasteiger partial charge in [-0.05, 0) is 50.7 Å². The van der Waals surface area contributed by atoms with Crippen LogP contribution in [0, 0.1) is 0 Å². The zero-order chi connectivity index (χ0) is 17.0. The van der Waals surface area contributed by atoms with Crippen LogP contribution in [0.25, 0.3) is 0 Å². The molecule has 0 saturated heterocycles. The average molecular weight is 319 g/mol. The quantitative estimate of drug-likeness (QED) is 0.841. The van der Waals surface area contributed by atoms with Crippen LogP contribution in [0.5, 0.6) is 0 Å². The van der Waals surface area contributed by atoms with Crippen LogP contribution in [0.3, 0.4) is 0 Å². The van der Waals surface area contributed by atoms with Gasteiger partial charge in [0.15, 0.2) is 0 Å². The van der Waals surface area contributed by atoms with Gasteiger partial charge in [0.2, 0.25) is 0 Å². The molecule has 1 amide bonds. The second-order valence-corrected chi connectivity index (χ2v) is 6.92. The van der Waals surface area contributed by atoms with E-state index in [4.69, 9.17) is 9.47 Å². The Hall–Kier alpha value is -2.04. The first-order chi connectivity index (χ1) is 10.8. The van der Waals surface area contributed by atoms with Crippen molar-refractivity contribution in [1.82, 2.24) is 5.32 Å². The summed E-state index contributed by atoms with van der Waals surface area (Å²) in [4.78, 5) is 23.7. The molecule has 0 spiro atoms. The Bertz CT molecular complexity index is 573. The number of nitrogens with one attached hydrogen (secondary N) is 1. The maximum absolute atomic E-state index is 12.1. The number of carbonyl (C=O) groups is 2. The van der Waals surface area contributed by atoms with Gasteiger partial charge in [-0.15, -0.1) is 0 Å². The molecular formula is C18H25NO4. The molecule has 5 nitrogen and oxygen atoms in total. The van der Waals surface area contributed by atoms with Crippen molar-refractivity contribution in [2.75, 3.05) is 7.11 Å². The van der Waals surface area contributed by atoms with Crippen LogP contribution in [0.4, 0.5) is 4.79 Å². The first-order valence-corrected chi connectivity index (χ1v) is 7.94. The smallest absolute Gasteiger partial charge is 0.408 e. The lowest BCUT2D eigenvalue weighted by Gasteiger charge is -2.23. The molecule has 1 atom stereocenters. The van der Waals surface area contributed by atoms with Crippen LogP contribution >= 0.6 is 0 Å². The Balaban J connectivity index is 2.14. The second kappa shape index (κ2) is 7.02. The predicted octanol–water partition coefficient (Wildman–Crippen LogP) is 3.69. The normalized spacial score (nSPS) is 15.7.